The Kier molecular flexibility index (Phi) is 3.01. The summed E-state index contributed by atoms with van der Waals surface area (Å²) in [6.07, 6.45) is 0. The Labute approximate surface area is 46.3 Å². The van der Waals surface area contributed by atoms with Crippen molar-refractivity contribution in [2.24, 2.45) is 0 Å². The normalized spacial score (nSPS) is 11.1. The number of hydrogen-bond acceptors (Lipinski definition) is 1. The van der Waals surface area contributed by atoms with Gasteiger partial charge >= 0.3 is 0 Å². The maximum absolute atomic E-state index is 2.16. The molecule has 1 heteroatoms. The van der Waals surface area contributed by atoms with Crippen molar-refractivity contribution in [3.8, 4) is 0 Å². The van der Waals surface area contributed by atoms with Crippen molar-refractivity contribution >= 4 is 0 Å². The van der Waals surface area contributed by atoms with E-state index in [-0.39, 0.29) is 0 Å². The molecule has 0 atom stereocenters. The zero-order valence-electron chi connectivity index (χ0n) is 5.65. The number of rotatable bonds is 2. The molecule has 1 nitrogen and oxygen atoms in total. The summed E-state index contributed by atoms with van der Waals surface area (Å²) in [5, 5.41) is 0. The van der Waals surface area contributed by atoms with Crippen molar-refractivity contribution < 1.29 is 0 Å². The molecule has 0 saturated heterocycles. The van der Waals surface area contributed by atoms with Crippen LogP contribution in [-0.4, -0.2) is 25.5 Å². The Balaban J connectivity index is 2.95. The van der Waals surface area contributed by atoms with Crippen LogP contribution in [0, 0.1) is 5.92 Å². The fourth-order valence-corrected chi connectivity index (χ4v) is 0.632. The number of nitrogens with zero attached hydrogens (tertiary/aromatic N) is 1. The summed E-state index contributed by atoms with van der Waals surface area (Å²) < 4.78 is 0. The van der Waals surface area contributed by atoms with Gasteiger partial charge in [0.25, 0.3) is 0 Å². The molecule has 7 heavy (non-hydrogen) atoms. The predicted octanol–water partition coefficient (Wildman–Crippen LogP) is 1.16. The molecule has 0 aliphatic carbocycles. The molecule has 1 radical (unpaired) electrons. The molecule has 0 aromatic carbocycles. The molecule has 0 aromatic heterocycles. The van der Waals surface area contributed by atoms with Crippen molar-refractivity contribution in [3.05, 3.63) is 5.92 Å². The zero-order chi connectivity index (χ0) is 5.86. The van der Waals surface area contributed by atoms with Crippen molar-refractivity contribution in [1.29, 1.82) is 0 Å². The molecule has 0 saturated carbocycles. The van der Waals surface area contributed by atoms with Crippen LogP contribution in [0.2, 0.25) is 0 Å². The summed E-state index contributed by atoms with van der Waals surface area (Å²) in [5.74, 6) is 1.46. The second-order valence-electron chi connectivity index (χ2n) is 2.44. The van der Waals surface area contributed by atoms with Crippen molar-refractivity contribution in [2.75, 3.05) is 20.6 Å². The highest BCUT2D eigenvalue weighted by Crippen LogP contribution is 1.93. The first kappa shape index (κ1) is 6.96. The van der Waals surface area contributed by atoms with Crippen LogP contribution in [-0.2, 0) is 0 Å². The lowest BCUT2D eigenvalue weighted by atomic mass is 10.2. The van der Waals surface area contributed by atoms with E-state index in [0.29, 0.717) is 0 Å². The quantitative estimate of drug-likeness (QED) is 0.503. The molecule has 0 aliphatic rings. The molecule has 0 aliphatic heterocycles. The summed E-state index contributed by atoms with van der Waals surface area (Å²) in [4.78, 5) is 2.16. The summed E-state index contributed by atoms with van der Waals surface area (Å²) in [6.45, 7) is 5.39. The molecule has 0 bridgehead atoms. The molecule has 0 fully saturated rings. The fourth-order valence-electron chi connectivity index (χ4n) is 0.632. The lowest BCUT2D eigenvalue weighted by molar-refractivity contribution is 0.424. The van der Waals surface area contributed by atoms with E-state index in [1.165, 1.54) is 5.92 Å². The predicted molar refractivity (Wildman–Crippen MR) is 33.1 cm³/mol. The zero-order valence-corrected chi connectivity index (χ0v) is 5.65. The first-order valence-electron chi connectivity index (χ1n) is 2.56. The van der Waals surface area contributed by atoms with Crippen LogP contribution < -0.4 is 0 Å². The Morgan fingerprint density at radius 2 is 1.71 bits per heavy atom. The molecule has 0 heterocycles. The van der Waals surface area contributed by atoms with E-state index < -0.39 is 0 Å². The Hall–Kier alpha value is -0.0400. The molecule has 0 N–H and O–H groups in total. The van der Waals surface area contributed by atoms with Gasteiger partial charge < -0.3 is 4.90 Å². The van der Waals surface area contributed by atoms with Gasteiger partial charge in [0, 0.05) is 6.54 Å². The third-order valence-electron chi connectivity index (χ3n) is 0.632. The summed E-state index contributed by atoms with van der Waals surface area (Å²) in [6, 6.07) is 0. The molecular formula is C6H14N. The Bertz CT molecular complexity index is 33.4. The second kappa shape index (κ2) is 3.03. The van der Waals surface area contributed by atoms with E-state index in [4.69, 9.17) is 0 Å². The third-order valence-corrected chi connectivity index (χ3v) is 0.632. The van der Waals surface area contributed by atoms with Crippen molar-refractivity contribution in [1.82, 2.24) is 4.90 Å². The molecule has 0 amide bonds. The highest BCUT2D eigenvalue weighted by molar-refractivity contribution is 4.78. The van der Waals surface area contributed by atoms with Gasteiger partial charge in [-0.25, -0.2) is 0 Å². The molecule has 0 aromatic rings. The van der Waals surface area contributed by atoms with Gasteiger partial charge in [-0.3, -0.25) is 0 Å². The van der Waals surface area contributed by atoms with Crippen LogP contribution in [0.3, 0.4) is 0 Å². The van der Waals surface area contributed by atoms with E-state index in [1.54, 1.807) is 0 Å². The van der Waals surface area contributed by atoms with Crippen LogP contribution in [0.1, 0.15) is 13.8 Å². The smallest absolute Gasteiger partial charge is 0.00322 e. The average molecular weight is 100 g/mol. The van der Waals surface area contributed by atoms with Gasteiger partial charge in [0.15, 0.2) is 0 Å². The maximum atomic E-state index is 2.16. The van der Waals surface area contributed by atoms with Gasteiger partial charge in [-0.2, -0.15) is 0 Å². The largest absolute Gasteiger partial charge is 0.309 e. The topological polar surface area (TPSA) is 3.24 Å². The average Bonchev–Trinajstić information content (AvgIpc) is 1.27. The van der Waals surface area contributed by atoms with E-state index in [9.17, 15) is 0 Å². The fraction of sp³-hybridized carbons (Fsp3) is 0.833. The molecule has 0 rings (SSSR count). The van der Waals surface area contributed by atoms with Gasteiger partial charge in [0.05, 0.1) is 0 Å². The monoisotopic (exact) mass is 100 g/mol. The maximum Gasteiger partial charge on any atom is 0.00322 e. The van der Waals surface area contributed by atoms with Crippen LogP contribution in [0.25, 0.3) is 0 Å². The van der Waals surface area contributed by atoms with Gasteiger partial charge in [-0.05, 0) is 20.0 Å². The highest BCUT2D eigenvalue weighted by atomic mass is 15.0. The van der Waals surface area contributed by atoms with E-state index in [0.717, 1.165) is 6.54 Å². The van der Waals surface area contributed by atoms with E-state index >= 15 is 0 Å². The van der Waals surface area contributed by atoms with Crippen LogP contribution in [0.4, 0.5) is 0 Å². The van der Waals surface area contributed by atoms with Gasteiger partial charge in [-0.1, -0.05) is 13.8 Å². The lowest BCUT2D eigenvalue weighted by Crippen LogP contribution is -2.16. The SMILES string of the molecule is C[C](C)CN(C)C. The highest BCUT2D eigenvalue weighted by Gasteiger charge is 1.92. The summed E-state index contributed by atoms with van der Waals surface area (Å²) in [7, 11) is 4.15. The minimum Gasteiger partial charge on any atom is -0.309 e. The second-order valence-corrected chi connectivity index (χ2v) is 2.44. The summed E-state index contributed by atoms with van der Waals surface area (Å²) in [5.41, 5.74) is 0. The summed E-state index contributed by atoms with van der Waals surface area (Å²) >= 11 is 0. The molecule has 0 unspecified atom stereocenters. The lowest BCUT2D eigenvalue weighted by Gasteiger charge is -2.10. The van der Waals surface area contributed by atoms with Crippen LogP contribution in [0.15, 0.2) is 0 Å². The first-order valence-corrected chi connectivity index (χ1v) is 2.56. The van der Waals surface area contributed by atoms with Gasteiger partial charge in [0.2, 0.25) is 0 Å². The molecule has 0 spiro atoms. The minimum absolute atomic E-state index is 1.11. The van der Waals surface area contributed by atoms with Crippen molar-refractivity contribution in [2.45, 2.75) is 13.8 Å². The van der Waals surface area contributed by atoms with Crippen molar-refractivity contribution in [3.63, 3.8) is 0 Å². The van der Waals surface area contributed by atoms with Crippen LogP contribution >= 0.6 is 0 Å². The van der Waals surface area contributed by atoms with E-state index in [2.05, 4.69) is 32.8 Å². The Morgan fingerprint density at radius 3 is 1.71 bits per heavy atom. The van der Waals surface area contributed by atoms with Gasteiger partial charge in [-0.15, -0.1) is 0 Å². The van der Waals surface area contributed by atoms with E-state index in [1.807, 2.05) is 0 Å². The molecule has 43 valence electrons. The number of hydrogen-bond donors (Lipinski definition) is 0. The first-order chi connectivity index (χ1) is 3.13. The minimum atomic E-state index is 1.11. The Morgan fingerprint density at radius 1 is 1.29 bits per heavy atom. The third kappa shape index (κ3) is 5.96. The van der Waals surface area contributed by atoms with Crippen LogP contribution in [0.5, 0.6) is 0 Å². The molecular weight excluding hydrogens is 86.1 g/mol. The standard InChI is InChI=1S/C6H14N/c1-6(2)5-7(3)4/h5H2,1-4H3. The van der Waals surface area contributed by atoms with Gasteiger partial charge in [0.1, 0.15) is 0 Å².